The van der Waals surface area contributed by atoms with Gasteiger partial charge in [-0.3, -0.25) is 0 Å². The predicted molar refractivity (Wildman–Crippen MR) is 45.2 cm³/mol. The molecule has 0 spiro atoms. The van der Waals surface area contributed by atoms with E-state index in [-0.39, 0.29) is 0 Å². The smallest absolute Gasteiger partial charge is 0.352 e. The zero-order chi connectivity index (χ0) is 10.2. The molecule has 0 unspecified atom stereocenters. The molecule has 0 saturated carbocycles. The van der Waals surface area contributed by atoms with Gasteiger partial charge in [0.25, 0.3) is 0 Å². The van der Waals surface area contributed by atoms with Gasteiger partial charge in [-0.05, 0) is 13.8 Å². The third-order valence-corrected chi connectivity index (χ3v) is 2.70. The van der Waals surface area contributed by atoms with Crippen LogP contribution in [0.5, 0.6) is 0 Å². The van der Waals surface area contributed by atoms with E-state index < -0.39 is 9.05 Å². The van der Waals surface area contributed by atoms with Gasteiger partial charge in [0, 0.05) is 14.2 Å². The molecular formula is C6H16O6Si. The van der Waals surface area contributed by atoms with E-state index in [9.17, 15) is 0 Å². The first-order chi connectivity index (χ1) is 6.24. The minimum Gasteiger partial charge on any atom is -0.352 e. The topological polar surface area (TPSA) is 55.4 Å². The molecule has 0 heterocycles. The predicted octanol–water partition coefficient (Wildman–Crippen LogP) is 0.651. The van der Waals surface area contributed by atoms with Crippen LogP contribution < -0.4 is 0 Å². The summed E-state index contributed by atoms with van der Waals surface area (Å²) in [5.41, 5.74) is 0. The van der Waals surface area contributed by atoms with Gasteiger partial charge in [-0.15, -0.1) is 0 Å². The lowest BCUT2D eigenvalue weighted by Crippen LogP contribution is -2.47. The maximum atomic E-state index is 4.91. The molecule has 7 heteroatoms. The maximum Gasteiger partial charge on any atom is 0.735 e. The summed E-state index contributed by atoms with van der Waals surface area (Å²) in [4.78, 5) is 9.37. The Balaban J connectivity index is 3.97. The lowest BCUT2D eigenvalue weighted by molar-refractivity contribution is -0.333. The van der Waals surface area contributed by atoms with E-state index in [0.29, 0.717) is 13.2 Å². The van der Waals surface area contributed by atoms with E-state index in [1.807, 2.05) is 0 Å². The second kappa shape index (κ2) is 7.39. The highest BCUT2D eigenvalue weighted by atomic mass is 28.4. The highest BCUT2D eigenvalue weighted by Gasteiger charge is 2.47. The molecule has 0 saturated heterocycles. The quantitative estimate of drug-likeness (QED) is 0.334. The zero-order valence-electron chi connectivity index (χ0n) is 8.36. The van der Waals surface area contributed by atoms with Crippen LogP contribution in [0.1, 0.15) is 13.8 Å². The standard InChI is InChI=1S/C6H16O6Si/c1-5-9-11-13(7-3,8-4)12-10-6-2/h5-6H2,1-4H3. The summed E-state index contributed by atoms with van der Waals surface area (Å²) in [7, 11) is -0.437. The normalized spacial score (nSPS) is 12.0. The molecule has 13 heavy (non-hydrogen) atoms. The van der Waals surface area contributed by atoms with E-state index >= 15 is 0 Å². The highest BCUT2D eigenvalue weighted by Crippen LogP contribution is 2.10. The molecule has 80 valence electrons. The summed E-state index contributed by atoms with van der Waals surface area (Å²) in [5, 5.41) is 0. The van der Waals surface area contributed by atoms with Crippen molar-refractivity contribution in [2.24, 2.45) is 0 Å². The van der Waals surface area contributed by atoms with Crippen LogP contribution in [0.2, 0.25) is 0 Å². The summed E-state index contributed by atoms with van der Waals surface area (Å²) in [6.45, 7) is 4.28. The summed E-state index contributed by atoms with van der Waals surface area (Å²) < 4.78 is 19.5. The lowest BCUT2D eigenvalue weighted by atomic mass is 10.9. The van der Waals surface area contributed by atoms with Crippen molar-refractivity contribution < 1.29 is 27.8 Å². The van der Waals surface area contributed by atoms with E-state index in [1.165, 1.54) is 14.2 Å². The van der Waals surface area contributed by atoms with Crippen LogP contribution in [0.3, 0.4) is 0 Å². The molecule has 0 atom stereocenters. The van der Waals surface area contributed by atoms with E-state index in [2.05, 4.69) is 9.78 Å². The van der Waals surface area contributed by atoms with Crippen molar-refractivity contribution in [3.8, 4) is 0 Å². The SMILES string of the molecule is CCOO[Si](OC)(OC)OOCC. The van der Waals surface area contributed by atoms with Crippen molar-refractivity contribution in [3.63, 3.8) is 0 Å². The average Bonchev–Trinajstić information content (AvgIpc) is 2.20. The fourth-order valence-corrected chi connectivity index (χ4v) is 1.49. The molecular weight excluding hydrogens is 196 g/mol. The second-order valence-electron chi connectivity index (χ2n) is 1.89. The fraction of sp³-hybridized carbons (Fsp3) is 1.00. The molecule has 0 bridgehead atoms. The van der Waals surface area contributed by atoms with E-state index in [4.69, 9.17) is 18.0 Å². The Morgan fingerprint density at radius 1 is 0.846 bits per heavy atom. The second-order valence-corrected chi connectivity index (χ2v) is 4.04. The van der Waals surface area contributed by atoms with Gasteiger partial charge in [0.2, 0.25) is 0 Å². The van der Waals surface area contributed by atoms with Gasteiger partial charge in [-0.1, -0.05) is 0 Å². The molecule has 0 aromatic heterocycles. The average molecular weight is 212 g/mol. The van der Waals surface area contributed by atoms with Crippen LogP contribution in [-0.2, 0) is 27.8 Å². The number of hydrogen-bond acceptors (Lipinski definition) is 6. The van der Waals surface area contributed by atoms with Crippen LogP contribution in [0.4, 0.5) is 0 Å². The minimum atomic E-state index is -3.23. The third kappa shape index (κ3) is 4.67. The van der Waals surface area contributed by atoms with Gasteiger partial charge in [0.1, 0.15) is 0 Å². The Kier molecular flexibility index (Phi) is 7.37. The molecule has 6 nitrogen and oxygen atoms in total. The van der Waals surface area contributed by atoms with Gasteiger partial charge < -0.3 is 8.85 Å². The monoisotopic (exact) mass is 212 g/mol. The molecule has 0 aromatic carbocycles. The molecule has 0 aromatic rings. The Hall–Kier alpha value is -0.0231. The summed E-state index contributed by atoms with van der Waals surface area (Å²) in [5.74, 6) is 0. The number of hydrogen-bond donors (Lipinski definition) is 0. The van der Waals surface area contributed by atoms with E-state index in [1.54, 1.807) is 13.8 Å². The van der Waals surface area contributed by atoms with Gasteiger partial charge in [-0.25, -0.2) is 9.78 Å². The van der Waals surface area contributed by atoms with Gasteiger partial charge in [0.05, 0.1) is 13.2 Å². The van der Waals surface area contributed by atoms with Gasteiger partial charge in [0.15, 0.2) is 0 Å². The largest absolute Gasteiger partial charge is 0.735 e. The molecule has 0 amide bonds. The molecule has 0 aliphatic rings. The van der Waals surface area contributed by atoms with Crippen molar-refractivity contribution >= 4 is 9.05 Å². The van der Waals surface area contributed by atoms with Crippen molar-refractivity contribution in [2.75, 3.05) is 27.4 Å². The number of rotatable bonds is 8. The summed E-state index contributed by atoms with van der Waals surface area (Å²) in [6, 6.07) is 0. The van der Waals surface area contributed by atoms with Crippen LogP contribution in [0, 0.1) is 0 Å². The fourth-order valence-electron chi connectivity index (χ4n) is 0.495. The zero-order valence-corrected chi connectivity index (χ0v) is 9.36. The maximum absolute atomic E-state index is 4.91. The van der Waals surface area contributed by atoms with Gasteiger partial charge in [-0.2, -0.15) is 9.15 Å². The van der Waals surface area contributed by atoms with E-state index in [0.717, 1.165) is 0 Å². The van der Waals surface area contributed by atoms with Crippen LogP contribution >= 0.6 is 0 Å². The first-order valence-electron chi connectivity index (χ1n) is 3.96. The van der Waals surface area contributed by atoms with Crippen LogP contribution in [-0.4, -0.2) is 36.5 Å². The minimum absolute atomic E-state index is 0.372. The molecule has 0 radical (unpaired) electrons. The Morgan fingerprint density at radius 2 is 1.23 bits per heavy atom. The molecule has 0 fully saturated rings. The van der Waals surface area contributed by atoms with Gasteiger partial charge >= 0.3 is 9.05 Å². The summed E-state index contributed by atoms with van der Waals surface area (Å²) in [6.07, 6.45) is 0. The highest BCUT2D eigenvalue weighted by molar-refractivity contribution is 6.52. The van der Waals surface area contributed by atoms with Crippen molar-refractivity contribution in [3.05, 3.63) is 0 Å². The first-order valence-corrected chi connectivity index (χ1v) is 5.59. The molecule has 0 N–H and O–H groups in total. The lowest BCUT2D eigenvalue weighted by Gasteiger charge is -2.21. The molecule has 0 aliphatic carbocycles. The Bertz CT molecular complexity index is 108. The van der Waals surface area contributed by atoms with Crippen molar-refractivity contribution in [2.45, 2.75) is 13.8 Å². The first kappa shape index (κ1) is 13.0. The summed E-state index contributed by atoms with van der Waals surface area (Å²) >= 11 is 0. The third-order valence-electron chi connectivity index (χ3n) is 1.06. The van der Waals surface area contributed by atoms with Crippen molar-refractivity contribution in [1.29, 1.82) is 0 Å². The van der Waals surface area contributed by atoms with Crippen LogP contribution in [0.15, 0.2) is 0 Å². The Morgan fingerprint density at radius 3 is 1.46 bits per heavy atom. The van der Waals surface area contributed by atoms with Crippen LogP contribution in [0.25, 0.3) is 0 Å². The molecule has 0 aliphatic heterocycles. The molecule has 0 rings (SSSR count). The Labute approximate surface area is 79.0 Å². The van der Waals surface area contributed by atoms with Crippen molar-refractivity contribution in [1.82, 2.24) is 0 Å².